The molecule has 362 valence electrons. The Morgan fingerprint density at radius 1 is 0.662 bits per heavy atom. The van der Waals surface area contributed by atoms with Gasteiger partial charge in [-0.2, -0.15) is 16.8 Å². The van der Waals surface area contributed by atoms with Crippen LogP contribution in [0.4, 0.5) is 0 Å². The largest absolute Gasteiger partial charge is 0.467 e. The molecule has 16 heteroatoms. The van der Waals surface area contributed by atoms with Gasteiger partial charge in [0, 0.05) is 12.2 Å². The van der Waals surface area contributed by atoms with E-state index in [0.717, 1.165) is 31.1 Å². The highest BCUT2D eigenvalue weighted by Crippen LogP contribution is 2.41. The molecule has 0 saturated heterocycles. The lowest BCUT2D eigenvalue weighted by atomic mass is 9.72. The highest BCUT2D eigenvalue weighted by molar-refractivity contribution is 7.86. The molecule has 14 nitrogen and oxygen atoms in total. The second-order valence-corrected chi connectivity index (χ2v) is 21.2. The lowest BCUT2D eigenvalue weighted by Crippen LogP contribution is -2.44. The van der Waals surface area contributed by atoms with Crippen LogP contribution < -0.4 is 16.4 Å². The molecule has 2 atom stereocenters. The van der Waals surface area contributed by atoms with Crippen molar-refractivity contribution in [1.29, 1.82) is 0 Å². The molecule has 0 aliphatic heterocycles. The van der Waals surface area contributed by atoms with Crippen molar-refractivity contribution in [2.24, 2.45) is 16.6 Å². The van der Waals surface area contributed by atoms with Gasteiger partial charge in [0.15, 0.2) is 0 Å². The van der Waals surface area contributed by atoms with Gasteiger partial charge < -0.3 is 21.1 Å². The number of rotatable bonds is 20. The maximum Gasteiger partial charge on any atom is 0.328 e. The maximum atomic E-state index is 12.2. The summed E-state index contributed by atoms with van der Waals surface area (Å²) in [6, 6.07) is -2.36. The number of primary amides is 1. The summed E-state index contributed by atoms with van der Waals surface area (Å²) < 4.78 is 65.8. The van der Waals surface area contributed by atoms with Gasteiger partial charge >= 0.3 is 5.97 Å². The standard InChI is InChI=1S/C25H37NO6S.C24H36N2O5S/c1-18(12-13-21-20(3)11-8-15-25(21,4)5)9-7-10-19(2)17-23(27)26-22(24(28)32-6)14-16-33(29,30)31;1-17(11-12-20-19(3)10-7-14-24(20,4)5)8-6-9-18(2)16-22(27)26-21(23(25)28)13-15-32(29,30)31/h7,9-10,12-13,17,22H,8,11,14-16H2,1-6H3,(H,26,27)(H,29,30,31);6,8-9,11-12,16,21H,7,10,13-15H2,1-5H3,(H2,25,28)(H,26,27)(H,29,30,31)/b10-7+,13-12+,18-9+,19-17+;9-6+,12-11+,17-8+,18-16+/t22-;21-/m00/s1. The van der Waals surface area contributed by atoms with Gasteiger partial charge in [0.25, 0.3) is 20.2 Å². The molecule has 0 heterocycles. The summed E-state index contributed by atoms with van der Waals surface area (Å²) in [5, 5.41) is 4.76. The Balaban J connectivity index is 0.000000650. The fourth-order valence-electron chi connectivity index (χ4n) is 7.41. The highest BCUT2D eigenvalue weighted by atomic mass is 32.2. The lowest BCUT2D eigenvalue weighted by molar-refractivity contribution is -0.144. The van der Waals surface area contributed by atoms with Crippen molar-refractivity contribution in [2.75, 3.05) is 18.6 Å². The van der Waals surface area contributed by atoms with E-state index in [0.29, 0.717) is 11.1 Å². The number of ether oxygens (including phenoxy) is 1. The number of amides is 3. The van der Waals surface area contributed by atoms with E-state index in [-0.39, 0.29) is 23.7 Å². The Morgan fingerprint density at radius 2 is 1.03 bits per heavy atom. The van der Waals surface area contributed by atoms with Crippen LogP contribution in [-0.4, -0.2) is 80.3 Å². The summed E-state index contributed by atoms with van der Waals surface area (Å²) in [5.74, 6) is -4.14. The van der Waals surface area contributed by atoms with Gasteiger partial charge in [-0.15, -0.1) is 0 Å². The third kappa shape index (κ3) is 24.3. The fourth-order valence-corrected chi connectivity index (χ4v) is 8.48. The highest BCUT2D eigenvalue weighted by Gasteiger charge is 2.28. The van der Waals surface area contributed by atoms with Crippen LogP contribution in [0.3, 0.4) is 0 Å². The monoisotopic (exact) mass is 943 g/mol. The smallest absolute Gasteiger partial charge is 0.328 e. The number of carbonyl (C=O) groups excluding carboxylic acids is 4. The SMILES string of the molecule is CC1=C(/C=C/C(C)=C/C=C/C(C)=C/C(=O)N[C@@H](CCS(=O)(=O)O)C(N)=O)C(C)(C)CCC1.COC(=O)[C@H](CCS(=O)(=O)O)NC(=O)/C=C(C)/C=C/C=C(C)/C=C/C1=C(C)CCCC1(C)C. The summed E-state index contributed by atoms with van der Waals surface area (Å²) >= 11 is 0. The van der Waals surface area contributed by atoms with Crippen molar-refractivity contribution in [3.8, 4) is 0 Å². The minimum atomic E-state index is -4.26. The van der Waals surface area contributed by atoms with Gasteiger partial charge in [0.05, 0.1) is 18.6 Å². The zero-order valence-electron chi connectivity index (χ0n) is 40.1. The first-order valence-corrected chi connectivity index (χ1v) is 24.9. The topological polar surface area (TPSA) is 236 Å². The van der Waals surface area contributed by atoms with Gasteiger partial charge in [-0.05, 0) is 126 Å². The van der Waals surface area contributed by atoms with Crippen molar-refractivity contribution in [3.63, 3.8) is 0 Å². The first-order valence-electron chi connectivity index (χ1n) is 21.7. The molecule has 65 heavy (non-hydrogen) atoms. The number of esters is 1. The first kappa shape index (κ1) is 58.1. The normalized spacial score (nSPS) is 18.8. The molecule has 3 amide bonds. The van der Waals surface area contributed by atoms with Crippen molar-refractivity contribution >= 4 is 43.9 Å². The molecule has 0 radical (unpaired) electrons. The number of hydrogen-bond acceptors (Lipinski definition) is 9. The average molecular weight is 944 g/mol. The van der Waals surface area contributed by atoms with Crippen molar-refractivity contribution in [3.05, 3.63) is 117 Å². The molecule has 0 aromatic heterocycles. The molecule has 0 unspecified atom stereocenters. The van der Waals surface area contributed by atoms with Crippen LogP contribution in [0.1, 0.15) is 121 Å². The van der Waals surface area contributed by atoms with Crippen molar-refractivity contribution < 1.29 is 49.9 Å². The number of carbonyl (C=O) groups is 4. The van der Waals surface area contributed by atoms with Gasteiger partial charge in [-0.25, -0.2) is 4.79 Å². The lowest BCUT2D eigenvalue weighted by Gasteiger charge is -2.33. The summed E-state index contributed by atoms with van der Waals surface area (Å²) in [4.78, 5) is 47.5. The first-order chi connectivity index (χ1) is 30.0. The van der Waals surface area contributed by atoms with E-state index in [2.05, 4.69) is 81.2 Å². The van der Waals surface area contributed by atoms with Crippen LogP contribution in [0.25, 0.3) is 0 Å². The van der Waals surface area contributed by atoms with E-state index >= 15 is 0 Å². The summed E-state index contributed by atoms with van der Waals surface area (Å²) in [6.07, 6.45) is 28.8. The number of nitrogens with two attached hydrogens (primary N) is 1. The zero-order chi connectivity index (χ0) is 49.8. The number of allylic oxidation sites excluding steroid dienone is 18. The zero-order valence-corrected chi connectivity index (χ0v) is 41.7. The minimum Gasteiger partial charge on any atom is -0.467 e. The molecular weight excluding hydrogens is 871 g/mol. The van der Waals surface area contributed by atoms with Gasteiger partial charge in [-0.1, -0.05) is 111 Å². The van der Waals surface area contributed by atoms with Gasteiger partial charge in [0.1, 0.15) is 12.1 Å². The molecule has 0 fully saturated rings. The molecule has 6 N–H and O–H groups in total. The summed E-state index contributed by atoms with van der Waals surface area (Å²) in [5.41, 5.74) is 14.7. The third-order valence-corrected chi connectivity index (χ3v) is 12.6. The molecule has 2 aliphatic carbocycles. The average Bonchev–Trinajstić information content (AvgIpc) is 3.16. The molecular formula is C49H73N3O11S2. The number of nitrogens with one attached hydrogen (secondary N) is 2. The Bertz CT molecular complexity index is 2270. The Kier molecular flexibility index (Phi) is 24.1. The second kappa shape index (κ2) is 26.9. The van der Waals surface area contributed by atoms with Crippen LogP contribution in [0.2, 0.25) is 0 Å². The quantitative estimate of drug-likeness (QED) is 0.0337. The molecule has 2 aliphatic rings. The van der Waals surface area contributed by atoms with E-state index in [1.807, 2.05) is 38.2 Å². The summed E-state index contributed by atoms with van der Waals surface area (Å²) in [6.45, 7) is 21.0. The molecule has 0 bridgehead atoms. The van der Waals surface area contributed by atoms with Crippen LogP contribution in [-0.2, 0) is 44.2 Å². The Labute approximate surface area is 388 Å². The maximum absolute atomic E-state index is 12.2. The fraction of sp³-hybridized carbons (Fsp3) is 0.510. The molecule has 0 aromatic rings. The minimum absolute atomic E-state index is 0.186. The van der Waals surface area contributed by atoms with Crippen LogP contribution in [0.5, 0.6) is 0 Å². The van der Waals surface area contributed by atoms with E-state index < -0.39 is 67.5 Å². The van der Waals surface area contributed by atoms with Crippen molar-refractivity contribution in [1.82, 2.24) is 10.6 Å². The number of hydrogen-bond donors (Lipinski definition) is 5. The van der Waals surface area contributed by atoms with Gasteiger partial charge in [-0.3, -0.25) is 23.5 Å². The third-order valence-electron chi connectivity index (χ3n) is 11.1. The summed E-state index contributed by atoms with van der Waals surface area (Å²) in [7, 11) is -7.38. The van der Waals surface area contributed by atoms with Crippen molar-refractivity contribution in [2.45, 2.75) is 133 Å². The Morgan fingerprint density at radius 3 is 1.37 bits per heavy atom. The van der Waals surface area contributed by atoms with Gasteiger partial charge in [0.2, 0.25) is 17.7 Å². The van der Waals surface area contributed by atoms with E-state index in [9.17, 15) is 36.0 Å². The number of methoxy groups -OCH3 is 1. The van der Waals surface area contributed by atoms with Crippen LogP contribution >= 0.6 is 0 Å². The second-order valence-electron chi connectivity index (χ2n) is 18.0. The molecule has 0 saturated carbocycles. The predicted molar refractivity (Wildman–Crippen MR) is 259 cm³/mol. The van der Waals surface area contributed by atoms with E-state index in [1.165, 1.54) is 60.1 Å². The predicted octanol–water partition coefficient (Wildman–Crippen LogP) is 8.22. The van der Waals surface area contributed by atoms with E-state index in [1.54, 1.807) is 26.0 Å². The van der Waals surface area contributed by atoms with Crippen LogP contribution in [0.15, 0.2) is 117 Å². The molecule has 0 aromatic carbocycles. The Hall–Kier alpha value is -4.90. The van der Waals surface area contributed by atoms with Crippen LogP contribution in [0, 0.1) is 10.8 Å². The molecule has 2 rings (SSSR count). The molecule has 0 spiro atoms. The van der Waals surface area contributed by atoms with E-state index in [4.69, 9.17) is 14.8 Å².